The Morgan fingerprint density at radius 1 is 1.57 bits per heavy atom. The maximum atomic E-state index is 11.5. The van der Waals surface area contributed by atoms with Crippen LogP contribution in [0, 0.1) is 6.92 Å². The van der Waals surface area contributed by atoms with Crippen molar-refractivity contribution in [1.82, 2.24) is 5.32 Å². The van der Waals surface area contributed by atoms with Crippen LogP contribution in [-0.2, 0) is 0 Å². The fourth-order valence-corrected chi connectivity index (χ4v) is 1.83. The van der Waals surface area contributed by atoms with Gasteiger partial charge < -0.3 is 5.32 Å². The first kappa shape index (κ1) is 11.5. The van der Waals surface area contributed by atoms with E-state index < -0.39 is 0 Å². The van der Waals surface area contributed by atoms with Gasteiger partial charge >= 0.3 is 0 Å². The van der Waals surface area contributed by atoms with Crippen molar-refractivity contribution in [3.63, 3.8) is 0 Å². The predicted molar refractivity (Wildman–Crippen MR) is 61.9 cm³/mol. The SMILES string of the molecule is Cc1ccc(C(=O)NCCCl)c(Br)c1. The lowest BCUT2D eigenvalue weighted by Crippen LogP contribution is -2.25. The summed E-state index contributed by atoms with van der Waals surface area (Å²) in [5, 5.41) is 2.71. The molecular weight excluding hydrogens is 265 g/mol. The van der Waals surface area contributed by atoms with E-state index in [-0.39, 0.29) is 5.91 Å². The Balaban J connectivity index is 2.80. The van der Waals surface area contributed by atoms with Gasteiger partial charge in [-0.2, -0.15) is 0 Å². The summed E-state index contributed by atoms with van der Waals surface area (Å²) >= 11 is 8.82. The highest BCUT2D eigenvalue weighted by molar-refractivity contribution is 9.10. The Morgan fingerprint density at radius 2 is 2.29 bits per heavy atom. The van der Waals surface area contributed by atoms with Crippen molar-refractivity contribution in [1.29, 1.82) is 0 Å². The molecule has 0 atom stereocenters. The molecule has 0 saturated heterocycles. The molecule has 0 bridgehead atoms. The van der Waals surface area contributed by atoms with Crippen molar-refractivity contribution in [2.24, 2.45) is 0 Å². The van der Waals surface area contributed by atoms with Crippen LogP contribution in [-0.4, -0.2) is 18.3 Å². The lowest BCUT2D eigenvalue weighted by atomic mass is 10.1. The van der Waals surface area contributed by atoms with E-state index in [1.54, 1.807) is 6.07 Å². The minimum Gasteiger partial charge on any atom is -0.351 e. The van der Waals surface area contributed by atoms with Gasteiger partial charge in [-0.1, -0.05) is 6.07 Å². The normalized spacial score (nSPS) is 9.93. The smallest absolute Gasteiger partial charge is 0.252 e. The lowest BCUT2D eigenvalue weighted by molar-refractivity contribution is 0.0955. The molecule has 0 aliphatic carbocycles. The number of hydrogen-bond donors (Lipinski definition) is 1. The zero-order chi connectivity index (χ0) is 10.6. The highest BCUT2D eigenvalue weighted by atomic mass is 79.9. The number of benzene rings is 1. The van der Waals surface area contributed by atoms with E-state index in [0.717, 1.165) is 10.0 Å². The molecule has 1 aromatic rings. The molecule has 0 aromatic heterocycles. The van der Waals surface area contributed by atoms with Gasteiger partial charge in [0, 0.05) is 16.9 Å². The number of carbonyl (C=O) groups is 1. The third-order valence-corrected chi connectivity index (χ3v) is 2.59. The third kappa shape index (κ3) is 3.00. The van der Waals surface area contributed by atoms with Crippen LogP contribution in [0.15, 0.2) is 22.7 Å². The zero-order valence-corrected chi connectivity index (χ0v) is 10.2. The molecule has 0 heterocycles. The highest BCUT2D eigenvalue weighted by Crippen LogP contribution is 2.17. The second-order valence-corrected chi connectivity index (χ2v) is 4.16. The fourth-order valence-electron chi connectivity index (χ4n) is 1.06. The highest BCUT2D eigenvalue weighted by Gasteiger charge is 2.08. The molecule has 1 rings (SSSR count). The first-order chi connectivity index (χ1) is 6.65. The van der Waals surface area contributed by atoms with E-state index in [0.29, 0.717) is 18.0 Å². The van der Waals surface area contributed by atoms with Gasteiger partial charge in [0.25, 0.3) is 5.91 Å². The molecule has 4 heteroatoms. The first-order valence-corrected chi connectivity index (χ1v) is 5.58. The molecule has 0 spiro atoms. The predicted octanol–water partition coefficient (Wildman–Crippen LogP) is 2.73. The summed E-state index contributed by atoms with van der Waals surface area (Å²) in [5.41, 5.74) is 1.76. The van der Waals surface area contributed by atoms with E-state index in [4.69, 9.17) is 11.6 Å². The van der Waals surface area contributed by atoms with Gasteiger partial charge in [0.15, 0.2) is 0 Å². The van der Waals surface area contributed by atoms with Crippen LogP contribution in [0.4, 0.5) is 0 Å². The number of aryl methyl sites for hydroxylation is 1. The van der Waals surface area contributed by atoms with E-state index in [1.807, 2.05) is 19.1 Å². The third-order valence-electron chi connectivity index (χ3n) is 1.75. The maximum absolute atomic E-state index is 11.5. The standard InChI is InChI=1S/C10H11BrClNO/c1-7-2-3-8(9(11)6-7)10(14)13-5-4-12/h2-3,6H,4-5H2,1H3,(H,13,14). The number of alkyl halides is 1. The number of amides is 1. The molecule has 14 heavy (non-hydrogen) atoms. The second-order valence-electron chi connectivity index (χ2n) is 2.93. The Morgan fingerprint density at radius 3 is 2.86 bits per heavy atom. The van der Waals surface area contributed by atoms with Crippen LogP contribution >= 0.6 is 27.5 Å². The van der Waals surface area contributed by atoms with Gasteiger partial charge in [0.1, 0.15) is 0 Å². The van der Waals surface area contributed by atoms with Crippen LogP contribution in [0.25, 0.3) is 0 Å². The number of halogens is 2. The van der Waals surface area contributed by atoms with Gasteiger partial charge in [-0.3, -0.25) is 4.79 Å². The van der Waals surface area contributed by atoms with Crippen LogP contribution in [0.1, 0.15) is 15.9 Å². The van der Waals surface area contributed by atoms with Crippen molar-refractivity contribution >= 4 is 33.4 Å². The molecule has 0 fully saturated rings. The van der Waals surface area contributed by atoms with Crippen molar-refractivity contribution in [2.75, 3.05) is 12.4 Å². The summed E-state index contributed by atoms with van der Waals surface area (Å²) in [6, 6.07) is 5.61. The van der Waals surface area contributed by atoms with Crippen LogP contribution in [0.3, 0.4) is 0 Å². The summed E-state index contributed by atoms with van der Waals surface area (Å²) in [4.78, 5) is 11.5. The summed E-state index contributed by atoms with van der Waals surface area (Å²) in [6.45, 7) is 2.46. The van der Waals surface area contributed by atoms with Crippen molar-refractivity contribution < 1.29 is 4.79 Å². The van der Waals surface area contributed by atoms with Gasteiger partial charge in [-0.05, 0) is 40.5 Å². The fraction of sp³-hybridized carbons (Fsp3) is 0.300. The minimum absolute atomic E-state index is 0.0995. The number of nitrogens with one attached hydrogen (secondary N) is 1. The molecule has 1 aromatic carbocycles. The van der Waals surface area contributed by atoms with Crippen LogP contribution in [0.2, 0.25) is 0 Å². The van der Waals surface area contributed by atoms with E-state index >= 15 is 0 Å². The molecular formula is C10H11BrClNO. The molecule has 0 aliphatic heterocycles. The summed E-state index contributed by atoms with van der Waals surface area (Å²) < 4.78 is 0.810. The van der Waals surface area contributed by atoms with Gasteiger partial charge in [-0.25, -0.2) is 0 Å². The number of rotatable bonds is 3. The molecule has 1 amide bonds. The summed E-state index contributed by atoms with van der Waals surface area (Å²) in [7, 11) is 0. The monoisotopic (exact) mass is 275 g/mol. The van der Waals surface area contributed by atoms with E-state index in [2.05, 4.69) is 21.2 Å². The molecule has 2 nitrogen and oxygen atoms in total. The van der Waals surface area contributed by atoms with Crippen LogP contribution in [0.5, 0.6) is 0 Å². The van der Waals surface area contributed by atoms with Crippen molar-refractivity contribution in [3.05, 3.63) is 33.8 Å². The Bertz CT molecular complexity index is 341. The Kier molecular flexibility index (Phi) is 4.42. The van der Waals surface area contributed by atoms with Gasteiger partial charge in [0.2, 0.25) is 0 Å². The lowest BCUT2D eigenvalue weighted by Gasteiger charge is -2.05. The molecule has 76 valence electrons. The maximum Gasteiger partial charge on any atom is 0.252 e. The van der Waals surface area contributed by atoms with Crippen molar-refractivity contribution in [2.45, 2.75) is 6.92 Å². The topological polar surface area (TPSA) is 29.1 Å². The Hall–Kier alpha value is -0.540. The Labute approximate surface area is 96.8 Å². The molecule has 0 unspecified atom stereocenters. The van der Waals surface area contributed by atoms with E-state index in [9.17, 15) is 4.79 Å². The molecule has 0 radical (unpaired) electrons. The quantitative estimate of drug-likeness (QED) is 0.845. The van der Waals surface area contributed by atoms with Crippen LogP contribution < -0.4 is 5.32 Å². The number of carbonyl (C=O) groups excluding carboxylic acids is 1. The first-order valence-electron chi connectivity index (χ1n) is 4.25. The largest absolute Gasteiger partial charge is 0.351 e. The minimum atomic E-state index is -0.0995. The molecule has 0 aliphatic rings. The average Bonchev–Trinajstić information content (AvgIpc) is 2.14. The summed E-state index contributed by atoms with van der Waals surface area (Å²) in [5.74, 6) is 0.326. The van der Waals surface area contributed by atoms with Gasteiger partial charge in [-0.15, -0.1) is 11.6 Å². The second kappa shape index (κ2) is 5.37. The zero-order valence-electron chi connectivity index (χ0n) is 7.81. The van der Waals surface area contributed by atoms with Crippen molar-refractivity contribution in [3.8, 4) is 0 Å². The summed E-state index contributed by atoms with van der Waals surface area (Å²) in [6.07, 6.45) is 0. The van der Waals surface area contributed by atoms with Gasteiger partial charge in [0.05, 0.1) is 5.56 Å². The van der Waals surface area contributed by atoms with E-state index in [1.165, 1.54) is 0 Å². The molecule has 1 N–H and O–H groups in total. The number of hydrogen-bond acceptors (Lipinski definition) is 1. The average molecular weight is 277 g/mol. The molecule has 0 saturated carbocycles.